The average molecular weight is 333 g/mol. The lowest BCUT2D eigenvalue weighted by atomic mass is 10.0. The van der Waals surface area contributed by atoms with E-state index in [-0.39, 0.29) is 11.8 Å². The number of carbonyl (C=O) groups excluding carboxylic acids is 3. The van der Waals surface area contributed by atoms with Crippen LogP contribution in [0.5, 0.6) is 0 Å². The molecule has 3 amide bonds. The fourth-order valence-corrected chi connectivity index (χ4v) is 2.40. The van der Waals surface area contributed by atoms with Gasteiger partial charge in [-0.3, -0.25) is 14.4 Å². The zero-order chi connectivity index (χ0) is 18.3. The van der Waals surface area contributed by atoms with Crippen LogP contribution in [0, 0.1) is 12.8 Å². The third kappa shape index (κ3) is 6.81. The fraction of sp³-hybridized carbons (Fsp3) is 0.500. The van der Waals surface area contributed by atoms with Crippen LogP contribution in [0.25, 0.3) is 0 Å². The molecule has 0 saturated carbocycles. The summed E-state index contributed by atoms with van der Waals surface area (Å²) >= 11 is 0. The molecule has 1 aromatic rings. The van der Waals surface area contributed by atoms with E-state index < -0.39 is 23.9 Å². The summed E-state index contributed by atoms with van der Waals surface area (Å²) in [6.45, 7) is 7.25. The van der Waals surface area contributed by atoms with Crippen molar-refractivity contribution in [1.29, 1.82) is 0 Å². The van der Waals surface area contributed by atoms with E-state index in [1.54, 1.807) is 0 Å². The Morgan fingerprint density at radius 2 is 1.62 bits per heavy atom. The van der Waals surface area contributed by atoms with E-state index in [2.05, 4.69) is 10.6 Å². The maximum absolute atomic E-state index is 12.4. The minimum atomic E-state index is -0.816. The molecule has 0 aromatic heterocycles. The highest BCUT2D eigenvalue weighted by atomic mass is 16.2. The Balaban J connectivity index is 2.80. The molecule has 0 aliphatic carbocycles. The number of hydrogen-bond donors (Lipinski definition) is 3. The van der Waals surface area contributed by atoms with Crippen LogP contribution in [0.3, 0.4) is 0 Å². The Hall–Kier alpha value is -2.37. The lowest BCUT2D eigenvalue weighted by molar-refractivity contribution is -0.131. The van der Waals surface area contributed by atoms with Gasteiger partial charge in [0.1, 0.15) is 12.1 Å². The molecule has 0 radical (unpaired) electrons. The summed E-state index contributed by atoms with van der Waals surface area (Å²) in [6, 6.07) is 6.18. The first-order valence-electron chi connectivity index (χ1n) is 8.11. The molecule has 6 nitrogen and oxygen atoms in total. The Bertz CT molecular complexity index is 582. The largest absolute Gasteiger partial charge is 0.368 e. The smallest absolute Gasteiger partial charge is 0.243 e. The van der Waals surface area contributed by atoms with Crippen LogP contribution in [0.2, 0.25) is 0 Å². The summed E-state index contributed by atoms with van der Waals surface area (Å²) in [5.41, 5.74) is 7.44. The second-order valence-electron chi connectivity index (χ2n) is 6.54. The van der Waals surface area contributed by atoms with Gasteiger partial charge in [-0.25, -0.2) is 0 Å². The van der Waals surface area contributed by atoms with E-state index in [0.29, 0.717) is 12.8 Å². The average Bonchev–Trinajstić information content (AvgIpc) is 2.46. The number of primary amides is 1. The van der Waals surface area contributed by atoms with Crippen molar-refractivity contribution in [2.24, 2.45) is 11.7 Å². The van der Waals surface area contributed by atoms with Gasteiger partial charge in [0.15, 0.2) is 0 Å². The van der Waals surface area contributed by atoms with Crippen LogP contribution in [0.1, 0.15) is 38.3 Å². The lowest BCUT2D eigenvalue weighted by Crippen LogP contribution is -2.53. The standard InChI is InChI=1S/C18H27N3O3/c1-11(2)9-16(20-13(4)22)18(24)21-15(17(19)23)10-14-7-5-12(3)6-8-14/h5-8,11,15-16H,9-10H2,1-4H3,(H2,19,23)(H,20,22)(H,21,24)/t15-,16+/m1/s1. The summed E-state index contributed by atoms with van der Waals surface area (Å²) in [5, 5.41) is 5.29. The number of aryl methyl sites for hydroxylation is 1. The van der Waals surface area contributed by atoms with Crippen molar-refractivity contribution in [3.05, 3.63) is 35.4 Å². The molecule has 4 N–H and O–H groups in total. The van der Waals surface area contributed by atoms with E-state index in [1.807, 2.05) is 45.0 Å². The second-order valence-corrected chi connectivity index (χ2v) is 6.54. The van der Waals surface area contributed by atoms with Gasteiger partial charge in [0.2, 0.25) is 17.7 Å². The Morgan fingerprint density at radius 3 is 2.08 bits per heavy atom. The second kappa shape index (κ2) is 9.05. The van der Waals surface area contributed by atoms with Crippen LogP contribution in [-0.4, -0.2) is 29.8 Å². The van der Waals surface area contributed by atoms with Crippen molar-refractivity contribution in [3.8, 4) is 0 Å². The molecule has 0 aliphatic rings. The number of rotatable bonds is 8. The normalized spacial score (nSPS) is 13.2. The van der Waals surface area contributed by atoms with Gasteiger partial charge in [-0.15, -0.1) is 0 Å². The van der Waals surface area contributed by atoms with Crippen molar-refractivity contribution in [2.45, 2.75) is 52.6 Å². The Morgan fingerprint density at radius 1 is 1.04 bits per heavy atom. The van der Waals surface area contributed by atoms with Crippen LogP contribution in [-0.2, 0) is 20.8 Å². The molecular weight excluding hydrogens is 306 g/mol. The number of amides is 3. The summed E-state index contributed by atoms with van der Waals surface area (Å²) < 4.78 is 0. The number of hydrogen-bond acceptors (Lipinski definition) is 3. The molecule has 0 heterocycles. The molecule has 132 valence electrons. The lowest BCUT2D eigenvalue weighted by Gasteiger charge is -2.22. The SMILES string of the molecule is CC(=O)N[C@@H](CC(C)C)C(=O)N[C@H](Cc1ccc(C)cc1)C(N)=O. The molecule has 1 rings (SSSR count). The van der Waals surface area contributed by atoms with E-state index in [0.717, 1.165) is 11.1 Å². The van der Waals surface area contributed by atoms with Gasteiger partial charge in [-0.1, -0.05) is 43.7 Å². The Labute approximate surface area is 143 Å². The van der Waals surface area contributed by atoms with Crippen LogP contribution in [0.15, 0.2) is 24.3 Å². The molecule has 0 bridgehead atoms. The van der Waals surface area contributed by atoms with Crippen molar-refractivity contribution in [3.63, 3.8) is 0 Å². The molecule has 24 heavy (non-hydrogen) atoms. The molecule has 6 heteroatoms. The molecular formula is C18H27N3O3. The summed E-state index contributed by atoms with van der Waals surface area (Å²) in [5.74, 6) is -1.06. The number of nitrogens with one attached hydrogen (secondary N) is 2. The molecule has 2 atom stereocenters. The molecule has 0 spiro atoms. The van der Waals surface area contributed by atoms with Crippen molar-refractivity contribution >= 4 is 17.7 Å². The van der Waals surface area contributed by atoms with Crippen LogP contribution < -0.4 is 16.4 Å². The highest BCUT2D eigenvalue weighted by Gasteiger charge is 2.25. The highest BCUT2D eigenvalue weighted by molar-refractivity contribution is 5.91. The number of carbonyl (C=O) groups is 3. The molecule has 0 saturated heterocycles. The van der Waals surface area contributed by atoms with Gasteiger partial charge in [0.05, 0.1) is 0 Å². The molecule has 0 unspecified atom stereocenters. The zero-order valence-electron chi connectivity index (χ0n) is 14.8. The van der Waals surface area contributed by atoms with Gasteiger partial charge in [0, 0.05) is 13.3 Å². The minimum Gasteiger partial charge on any atom is -0.368 e. The van der Waals surface area contributed by atoms with Gasteiger partial charge >= 0.3 is 0 Å². The van der Waals surface area contributed by atoms with Crippen molar-refractivity contribution < 1.29 is 14.4 Å². The molecule has 0 fully saturated rings. The maximum Gasteiger partial charge on any atom is 0.243 e. The summed E-state index contributed by atoms with van der Waals surface area (Å²) in [7, 11) is 0. The fourth-order valence-electron chi connectivity index (χ4n) is 2.40. The van der Waals surface area contributed by atoms with Gasteiger partial charge in [-0.05, 0) is 24.8 Å². The number of benzene rings is 1. The number of nitrogens with two attached hydrogens (primary N) is 1. The van der Waals surface area contributed by atoms with Crippen LogP contribution in [0.4, 0.5) is 0 Å². The summed E-state index contributed by atoms with van der Waals surface area (Å²) in [6.07, 6.45) is 0.803. The topological polar surface area (TPSA) is 101 Å². The first-order chi connectivity index (χ1) is 11.2. The highest BCUT2D eigenvalue weighted by Crippen LogP contribution is 2.08. The van der Waals surface area contributed by atoms with Gasteiger partial charge < -0.3 is 16.4 Å². The Kier molecular flexibility index (Phi) is 7.42. The monoisotopic (exact) mass is 333 g/mol. The predicted molar refractivity (Wildman–Crippen MR) is 93.1 cm³/mol. The van der Waals surface area contributed by atoms with Gasteiger partial charge in [0.25, 0.3) is 0 Å². The van der Waals surface area contributed by atoms with Crippen LogP contribution >= 0.6 is 0 Å². The predicted octanol–water partition coefficient (Wildman–Crippen LogP) is 1.06. The molecule has 0 aliphatic heterocycles. The van der Waals surface area contributed by atoms with Gasteiger partial charge in [-0.2, -0.15) is 0 Å². The maximum atomic E-state index is 12.4. The van der Waals surface area contributed by atoms with Crippen molar-refractivity contribution in [1.82, 2.24) is 10.6 Å². The third-order valence-electron chi connectivity index (χ3n) is 3.62. The van der Waals surface area contributed by atoms with E-state index >= 15 is 0 Å². The first kappa shape index (κ1) is 19.7. The van der Waals surface area contributed by atoms with E-state index in [9.17, 15) is 14.4 Å². The minimum absolute atomic E-state index is 0.219. The zero-order valence-corrected chi connectivity index (χ0v) is 14.8. The summed E-state index contributed by atoms with van der Waals surface area (Å²) in [4.78, 5) is 35.4. The third-order valence-corrected chi connectivity index (χ3v) is 3.62. The van der Waals surface area contributed by atoms with Crippen molar-refractivity contribution in [2.75, 3.05) is 0 Å². The first-order valence-corrected chi connectivity index (χ1v) is 8.11. The molecule has 1 aromatic carbocycles. The van der Waals surface area contributed by atoms with E-state index in [4.69, 9.17) is 5.73 Å². The quantitative estimate of drug-likeness (QED) is 0.663. The van der Waals surface area contributed by atoms with E-state index in [1.165, 1.54) is 6.92 Å².